The van der Waals surface area contributed by atoms with Gasteiger partial charge in [0.1, 0.15) is 5.75 Å². The Balaban J connectivity index is 1.61. The zero-order valence-corrected chi connectivity index (χ0v) is 16.4. The van der Waals surface area contributed by atoms with Gasteiger partial charge in [-0.2, -0.15) is 0 Å². The Morgan fingerprint density at radius 1 is 1.11 bits per heavy atom. The van der Waals surface area contributed by atoms with Gasteiger partial charge in [0.2, 0.25) is 5.91 Å². The Labute approximate surface area is 169 Å². The highest BCUT2D eigenvalue weighted by atomic mass is 35.5. The van der Waals surface area contributed by atoms with Crippen LogP contribution in [-0.4, -0.2) is 50.0 Å². The quantitative estimate of drug-likeness (QED) is 0.782. The summed E-state index contributed by atoms with van der Waals surface area (Å²) in [5, 5.41) is 3.33. The van der Waals surface area contributed by atoms with Crippen LogP contribution in [0.25, 0.3) is 0 Å². The molecule has 1 fully saturated rings. The van der Waals surface area contributed by atoms with Crippen molar-refractivity contribution in [3.63, 3.8) is 0 Å². The van der Waals surface area contributed by atoms with Gasteiger partial charge in [-0.15, -0.1) is 0 Å². The molecule has 6 nitrogen and oxygen atoms in total. The normalized spacial score (nSPS) is 13.8. The van der Waals surface area contributed by atoms with E-state index >= 15 is 0 Å². The van der Waals surface area contributed by atoms with Gasteiger partial charge in [-0.25, -0.2) is 0 Å². The number of carbonyl (C=O) groups excluding carboxylic acids is 2. The minimum atomic E-state index is -0.237. The van der Waals surface area contributed by atoms with Gasteiger partial charge in [0, 0.05) is 43.1 Å². The number of carbonyl (C=O) groups is 2. The van der Waals surface area contributed by atoms with Crippen molar-refractivity contribution in [1.82, 2.24) is 4.90 Å². The van der Waals surface area contributed by atoms with Gasteiger partial charge >= 0.3 is 0 Å². The number of hydrogen-bond acceptors (Lipinski definition) is 4. The summed E-state index contributed by atoms with van der Waals surface area (Å²) in [7, 11) is 1.51. The van der Waals surface area contributed by atoms with E-state index in [0.29, 0.717) is 35.1 Å². The van der Waals surface area contributed by atoms with Crippen molar-refractivity contribution in [3.05, 3.63) is 65.7 Å². The van der Waals surface area contributed by atoms with E-state index in [4.69, 9.17) is 16.3 Å². The van der Waals surface area contributed by atoms with Crippen LogP contribution in [0.2, 0.25) is 5.02 Å². The van der Waals surface area contributed by atoms with E-state index in [-0.39, 0.29) is 11.8 Å². The van der Waals surface area contributed by atoms with E-state index in [0.717, 1.165) is 18.8 Å². The minimum Gasteiger partial charge on any atom is -0.495 e. The van der Waals surface area contributed by atoms with E-state index in [2.05, 4.69) is 16.8 Å². The van der Waals surface area contributed by atoms with Crippen molar-refractivity contribution >= 4 is 34.8 Å². The average molecular weight is 400 g/mol. The largest absolute Gasteiger partial charge is 0.495 e. The highest BCUT2D eigenvalue weighted by molar-refractivity contribution is 6.32. The van der Waals surface area contributed by atoms with Crippen molar-refractivity contribution < 1.29 is 14.3 Å². The SMILES string of the molecule is C=CC(=O)N1CCN(c2ccc(NC(=O)c3ccc(Cl)c(OC)c3)cc2)CC1. The second-order valence-corrected chi connectivity index (χ2v) is 6.77. The highest BCUT2D eigenvalue weighted by Gasteiger charge is 2.19. The van der Waals surface area contributed by atoms with Crippen molar-refractivity contribution in [3.8, 4) is 5.75 Å². The first-order chi connectivity index (χ1) is 13.5. The van der Waals surface area contributed by atoms with Crippen LogP contribution < -0.4 is 15.0 Å². The summed E-state index contributed by atoms with van der Waals surface area (Å²) < 4.78 is 5.15. The van der Waals surface area contributed by atoms with Crippen molar-refractivity contribution in [2.45, 2.75) is 0 Å². The number of nitrogens with one attached hydrogen (secondary N) is 1. The van der Waals surface area contributed by atoms with Crippen LogP contribution in [0.5, 0.6) is 5.75 Å². The number of amides is 2. The van der Waals surface area contributed by atoms with Gasteiger partial charge in [-0.3, -0.25) is 9.59 Å². The van der Waals surface area contributed by atoms with Crippen LogP contribution in [0, 0.1) is 0 Å². The van der Waals surface area contributed by atoms with Gasteiger partial charge in [-0.05, 0) is 48.5 Å². The maximum atomic E-state index is 12.4. The fourth-order valence-electron chi connectivity index (χ4n) is 3.07. The van der Waals surface area contributed by atoms with E-state index in [1.165, 1.54) is 13.2 Å². The molecule has 2 aromatic carbocycles. The topological polar surface area (TPSA) is 61.9 Å². The summed E-state index contributed by atoms with van der Waals surface area (Å²) in [6.45, 7) is 6.39. The fourth-order valence-corrected chi connectivity index (χ4v) is 3.27. The molecule has 3 rings (SSSR count). The smallest absolute Gasteiger partial charge is 0.255 e. The number of halogens is 1. The number of hydrogen-bond donors (Lipinski definition) is 1. The molecule has 146 valence electrons. The molecular formula is C21H22ClN3O3. The van der Waals surface area contributed by atoms with Crippen LogP contribution in [0.15, 0.2) is 55.1 Å². The minimum absolute atomic E-state index is 0.0310. The van der Waals surface area contributed by atoms with Crippen molar-refractivity contribution in [1.29, 1.82) is 0 Å². The first-order valence-corrected chi connectivity index (χ1v) is 9.31. The Morgan fingerprint density at radius 2 is 1.79 bits per heavy atom. The number of methoxy groups -OCH3 is 1. The highest BCUT2D eigenvalue weighted by Crippen LogP contribution is 2.26. The van der Waals surface area contributed by atoms with Crippen molar-refractivity contribution in [2.75, 3.05) is 43.5 Å². The molecule has 0 aromatic heterocycles. The summed E-state index contributed by atoms with van der Waals surface area (Å²) in [6, 6.07) is 12.5. The maximum Gasteiger partial charge on any atom is 0.255 e. The van der Waals surface area contributed by atoms with Gasteiger partial charge in [0.15, 0.2) is 0 Å². The summed E-state index contributed by atoms with van der Waals surface area (Å²) in [6.07, 6.45) is 1.35. The van der Waals surface area contributed by atoms with Crippen LogP contribution in [-0.2, 0) is 4.79 Å². The predicted molar refractivity (Wildman–Crippen MR) is 111 cm³/mol. The number of anilines is 2. The Bertz CT molecular complexity index is 875. The molecule has 0 spiro atoms. The maximum absolute atomic E-state index is 12.4. The van der Waals surface area contributed by atoms with E-state index in [9.17, 15) is 9.59 Å². The first kappa shape index (κ1) is 19.8. The van der Waals surface area contributed by atoms with Crippen molar-refractivity contribution in [2.24, 2.45) is 0 Å². The summed E-state index contributed by atoms with van der Waals surface area (Å²) >= 11 is 6.00. The van der Waals surface area contributed by atoms with E-state index in [1.54, 1.807) is 23.1 Å². The zero-order chi connectivity index (χ0) is 20.1. The van der Waals surface area contributed by atoms with Crippen LogP contribution >= 0.6 is 11.6 Å². The Hall–Kier alpha value is -2.99. The molecule has 0 saturated carbocycles. The number of piperazine rings is 1. The summed E-state index contributed by atoms with van der Waals surface area (Å²) in [5.74, 6) is 0.189. The molecule has 7 heteroatoms. The molecule has 0 radical (unpaired) electrons. The Kier molecular flexibility index (Phi) is 6.21. The molecule has 1 saturated heterocycles. The third kappa shape index (κ3) is 4.46. The molecular weight excluding hydrogens is 378 g/mol. The summed E-state index contributed by atoms with van der Waals surface area (Å²) in [4.78, 5) is 28.1. The molecule has 0 atom stereocenters. The predicted octanol–water partition coefficient (Wildman–Crippen LogP) is 3.44. The number of benzene rings is 2. The molecule has 2 aromatic rings. The first-order valence-electron chi connectivity index (χ1n) is 8.93. The van der Waals surface area contributed by atoms with E-state index in [1.807, 2.05) is 24.3 Å². The molecule has 1 heterocycles. The van der Waals surface area contributed by atoms with E-state index < -0.39 is 0 Å². The zero-order valence-electron chi connectivity index (χ0n) is 15.7. The van der Waals surface area contributed by atoms with Crippen LogP contribution in [0.3, 0.4) is 0 Å². The molecule has 0 unspecified atom stereocenters. The average Bonchev–Trinajstić information content (AvgIpc) is 2.74. The lowest BCUT2D eigenvalue weighted by Gasteiger charge is -2.35. The van der Waals surface area contributed by atoms with Gasteiger partial charge < -0.3 is 19.9 Å². The molecule has 1 N–H and O–H groups in total. The number of nitrogens with zero attached hydrogens (tertiary/aromatic N) is 2. The lowest BCUT2D eigenvalue weighted by atomic mass is 10.2. The van der Waals surface area contributed by atoms with Gasteiger partial charge in [0.05, 0.1) is 12.1 Å². The monoisotopic (exact) mass is 399 g/mol. The molecule has 28 heavy (non-hydrogen) atoms. The fraction of sp³-hybridized carbons (Fsp3) is 0.238. The standard InChI is InChI=1S/C21H22ClN3O3/c1-3-20(26)25-12-10-24(11-13-25)17-7-5-16(6-8-17)23-21(27)15-4-9-18(22)19(14-15)28-2/h3-9,14H,1,10-13H2,2H3,(H,23,27). The third-order valence-electron chi connectivity index (χ3n) is 4.67. The van der Waals surface area contributed by atoms with Crippen LogP contribution in [0.1, 0.15) is 10.4 Å². The number of ether oxygens (including phenoxy) is 1. The second-order valence-electron chi connectivity index (χ2n) is 6.37. The van der Waals surface area contributed by atoms with Gasteiger partial charge in [-0.1, -0.05) is 18.2 Å². The Morgan fingerprint density at radius 3 is 2.39 bits per heavy atom. The molecule has 2 amide bonds. The molecule has 0 aliphatic carbocycles. The van der Waals surface area contributed by atoms with Gasteiger partial charge in [0.25, 0.3) is 5.91 Å². The molecule has 0 bridgehead atoms. The van der Waals surface area contributed by atoms with Crippen LogP contribution in [0.4, 0.5) is 11.4 Å². The third-order valence-corrected chi connectivity index (χ3v) is 4.98. The number of rotatable bonds is 5. The lowest BCUT2D eigenvalue weighted by Crippen LogP contribution is -2.48. The molecule has 1 aliphatic heterocycles. The molecule has 1 aliphatic rings. The second kappa shape index (κ2) is 8.80. The lowest BCUT2D eigenvalue weighted by molar-refractivity contribution is -0.126. The summed E-state index contributed by atoms with van der Waals surface area (Å²) in [5.41, 5.74) is 2.22.